The minimum Gasteiger partial charge on any atom is -0.488 e. The van der Waals surface area contributed by atoms with E-state index in [0.717, 1.165) is 18.9 Å². The van der Waals surface area contributed by atoms with E-state index < -0.39 is 40.9 Å². The number of sulfonamides is 1. The fourth-order valence-electron chi connectivity index (χ4n) is 4.20. The summed E-state index contributed by atoms with van der Waals surface area (Å²) in [6.45, 7) is 1.66. The zero-order valence-corrected chi connectivity index (χ0v) is 20.5. The van der Waals surface area contributed by atoms with Crippen molar-refractivity contribution >= 4 is 33.3 Å². The van der Waals surface area contributed by atoms with Crippen molar-refractivity contribution < 1.29 is 36.4 Å². The number of nitrogens with one attached hydrogen (secondary N) is 1. The molecule has 2 aliphatic rings. The Morgan fingerprint density at radius 2 is 1.94 bits per heavy atom. The number of halogens is 3. The first-order valence-electron chi connectivity index (χ1n) is 11.1. The van der Waals surface area contributed by atoms with Gasteiger partial charge >= 0.3 is 5.97 Å². The molecule has 1 heterocycles. The summed E-state index contributed by atoms with van der Waals surface area (Å²) in [5.74, 6) is -3.69. The summed E-state index contributed by atoms with van der Waals surface area (Å²) in [6, 6.07) is 6.77. The molecule has 0 bridgehead atoms. The van der Waals surface area contributed by atoms with Gasteiger partial charge in [-0.2, -0.15) is 0 Å². The van der Waals surface area contributed by atoms with Gasteiger partial charge in [-0.3, -0.25) is 4.72 Å². The number of nitrogens with zero attached hydrogens (tertiary/aromatic N) is 1. The van der Waals surface area contributed by atoms with Gasteiger partial charge in [0.2, 0.25) is 0 Å². The van der Waals surface area contributed by atoms with E-state index in [2.05, 4.69) is 9.88 Å². The Hall–Kier alpha value is -3.18. The predicted octanol–water partition coefficient (Wildman–Crippen LogP) is 5.86. The molecule has 5 rings (SSSR count). The molecule has 0 saturated heterocycles. The number of aromatic nitrogens is 1. The standard InChI is InChI=1S/C24H21ClF2N2O6S/c1-12-18(11-28-35-12)17-7-20(21(8-19(17)25)34-15-9-24(26,27)10-15)29-36(32,33)22-6-14(23(30)31)4-5-16(22)13-2-3-13/h4-8,11,13,15,29H,2-3,9-10H2,1H3,(H,30,31). The highest BCUT2D eigenvalue weighted by atomic mass is 35.5. The van der Waals surface area contributed by atoms with Crippen LogP contribution in [-0.4, -0.2) is 36.7 Å². The molecule has 12 heteroatoms. The lowest BCUT2D eigenvalue weighted by Crippen LogP contribution is -2.43. The van der Waals surface area contributed by atoms with Crippen molar-refractivity contribution in [2.45, 2.75) is 55.4 Å². The predicted molar refractivity (Wildman–Crippen MR) is 126 cm³/mol. The highest BCUT2D eigenvalue weighted by molar-refractivity contribution is 7.92. The van der Waals surface area contributed by atoms with E-state index in [1.165, 1.54) is 30.5 Å². The minimum absolute atomic E-state index is 0.00720. The smallest absolute Gasteiger partial charge is 0.335 e. The second-order valence-electron chi connectivity index (χ2n) is 9.07. The molecule has 1 aromatic heterocycles. The first-order chi connectivity index (χ1) is 16.9. The molecule has 2 fully saturated rings. The minimum atomic E-state index is -4.31. The van der Waals surface area contributed by atoms with Crippen molar-refractivity contribution in [1.29, 1.82) is 0 Å². The lowest BCUT2D eigenvalue weighted by molar-refractivity contribution is -0.134. The zero-order chi connectivity index (χ0) is 25.8. The van der Waals surface area contributed by atoms with E-state index in [0.29, 0.717) is 22.5 Å². The average molecular weight is 539 g/mol. The first kappa shape index (κ1) is 24.5. The van der Waals surface area contributed by atoms with Crippen LogP contribution in [0.5, 0.6) is 5.75 Å². The molecule has 0 radical (unpaired) electrons. The summed E-state index contributed by atoms with van der Waals surface area (Å²) in [5, 5.41) is 13.3. The third kappa shape index (κ3) is 4.77. The summed E-state index contributed by atoms with van der Waals surface area (Å²) in [4.78, 5) is 11.4. The number of benzene rings is 2. The number of ether oxygens (including phenoxy) is 1. The summed E-state index contributed by atoms with van der Waals surface area (Å²) >= 11 is 6.44. The molecule has 8 nitrogen and oxygen atoms in total. The Morgan fingerprint density at radius 1 is 1.22 bits per heavy atom. The van der Waals surface area contributed by atoms with Crippen LogP contribution >= 0.6 is 11.6 Å². The lowest BCUT2D eigenvalue weighted by Gasteiger charge is -2.35. The molecule has 2 aromatic carbocycles. The number of carboxylic acid groups (broad SMARTS) is 1. The SMILES string of the molecule is Cc1oncc1-c1cc(NS(=O)(=O)c2cc(C(=O)O)ccc2C2CC2)c(OC2CC(F)(F)C2)cc1Cl. The Labute approximate surface area is 210 Å². The molecular weight excluding hydrogens is 518 g/mol. The van der Waals surface area contributed by atoms with Crippen LogP contribution in [0.1, 0.15) is 53.3 Å². The third-order valence-electron chi connectivity index (χ3n) is 6.27. The van der Waals surface area contributed by atoms with Crippen molar-refractivity contribution in [3.05, 3.63) is 58.4 Å². The fourth-order valence-corrected chi connectivity index (χ4v) is 5.84. The second kappa shape index (κ2) is 8.74. The van der Waals surface area contributed by atoms with E-state index in [1.54, 1.807) is 6.92 Å². The van der Waals surface area contributed by atoms with Crippen LogP contribution in [0.4, 0.5) is 14.5 Å². The van der Waals surface area contributed by atoms with E-state index >= 15 is 0 Å². The molecule has 2 saturated carbocycles. The molecule has 0 aliphatic heterocycles. The average Bonchev–Trinajstić information content (AvgIpc) is 3.54. The van der Waals surface area contributed by atoms with Crippen LogP contribution < -0.4 is 9.46 Å². The molecule has 0 amide bonds. The van der Waals surface area contributed by atoms with Crippen LogP contribution in [0.3, 0.4) is 0 Å². The Bertz CT molecular complexity index is 1460. The van der Waals surface area contributed by atoms with Gasteiger partial charge in [0.05, 0.1) is 27.4 Å². The molecule has 3 aromatic rings. The summed E-state index contributed by atoms with van der Waals surface area (Å²) < 4.78 is 67.2. The quantitative estimate of drug-likeness (QED) is 0.369. The van der Waals surface area contributed by atoms with Crippen molar-refractivity contribution in [3.8, 4) is 16.9 Å². The van der Waals surface area contributed by atoms with Gasteiger partial charge in [-0.1, -0.05) is 22.8 Å². The maximum absolute atomic E-state index is 13.6. The molecule has 0 unspecified atom stereocenters. The molecule has 2 N–H and O–H groups in total. The summed E-state index contributed by atoms with van der Waals surface area (Å²) in [5.41, 5.74) is 1.20. The summed E-state index contributed by atoms with van der Waals surface area (Å²) in [7, 11) is -4.31. The van der Waals surface area contributed by atoms with Gasteiger partial charge in [0.25, 0.3) is 15.9 Å². The van der Waals surface area contributed by atoms with Gasteiger partial charge in [0.1, 0.15) is 17.6 Å². The van der Waals surface area contributed by atoms with Gasteiger partial charge in [0, 0.05) is 30.0 Å². The maximum Gasteiger partial charge on any atom is 0.335 e. The lowest BCUT2D eigenvalue weighted by atomic mass is 9.91. The van der Waals surface area contributed by atoms with Crippen molar-refractivity contribution in [2.75, 3.05) is 4.72 Å². The second-order valence-corrected chi connectivity index (χ2v) is 11.1. The molecule has 0 spiro atoms. The fraction of sp³-hybridized carbons (Fsp3) is 0.333. The summed E-state index contributed by atoms with van der Waals surface area (Å²) in [6.07, 6.45) is 1.17. The molecule has 190 valence electrons. The van der Waals surface area contributed by atoms with Crippen LogP contribution in [0.15, 0.2) is 45.9 Å². The van der Waals surface area contributed by atoms with Gasteiger partial charge in [0.15, 0.2) is 0 Å². The molecule has 36 heavy (non-hydrogen) atoms. The number of aryl methyl sites for hydroxylation is 1. The molecule has 2 aliphatic carbocycles. The van der Waals surface area contributed by atoms with Crippen LogP contribution in [0, 0.1) is 6.92 Å². The number of alkyl halides is 2. The monoisotopic (exact) mass is 538 g/mol. The highest BCUT2D eigenvalue weighted by Crippen LogP contribution is 2.46. The van der Waals surface area contributed by atoms with E-state index in [1.807, 2.05) is 0 Å². The number of hydrogen-bond donors (Lipinski definition) is 2. The van der Waals surface area contributed by atoms with Gasteiger partial charge in [-0.05, 0) is 49.4 Å². The number of aromatic carboxylic acids is 1. The number of anilines is 1. The van der Waals surface area contributed by atoms with Crippen LogP contribution in [-0.2, 0) is 10.0 Å². The Balaban J connectivity index is 1.57. The van der Waals surface area contributed by atoms with E-state index in [4.69, 9.17) is 20.9 Å². The van der Waals surface area contributed by atoms with Crippen LogP contribution in [0.25, 0.3) is 11.1 Å². The van der Waals surface area contributed by atoms with Crippen molar-refractivity contribution in [1.82, 2.24) is 5.16 Å². The number of carbonyl (C=O) groups is 1. The number of rotatable bonds is 8. The van der Waals surface area contributed by atoms with Gasteiger partial charge in [-0.25, -0.2) is 22.0 Å². The normalized spacial score (nSPS) is 17.4. The third-order valence-corrected chi connectivity index (χ3v) is 8.00. The van der Waals surface area contributed by atoms with Gasteiger partial charge < -0.3 is 14.4 Å². The molecular formula is C24H21ClF2N2O6S. The van der Waals surface area contributed by atoms with Gasteiger partial charge in [-0.15, -0.1) is 0 Å². The van der Waals surface area contributed by atoms with E-state index in [9.17, 15) is 27.1 Å². The van der Waals surface area contributed by atoms with Crippen molar-refractivity contribution in [3.63, 3.8) is 0 Å². The zero-order valence-electron chi connectivity index (χ0n) is 18.9. The van der Waals surface area contributed by atoms with Crippen molar-refractivity contribution in [2.24, 2.45) is 0 Å². The Kier molecular flexibility index (Phi) is 5.95. The number of carboxylic acids is 1. The number of hydrogen-bond acceptors (Lipinski definition) is 6. The van der Waals surface area contributed by atoms with E-state index in [-0.39, 0.29) is 32.8 Å². The Morgan fingerprint density at radius 3 is 2.53 bits per heavy atom. The first-order valence-corrected chi connectivity index (χ1v) is 13.0. The largest absolute Gasteiger partial charge is 0.488 e. The topological polar surface area (TPSA) is 119 Å². The highest BCUT2D eigenvalue weighted by Gasteiger charge is 2.47. The molecule has 0 atom stereocenters. The van der Waals surface area contributed by atoms with Crippen LogP contribution in [0.2, 0.25) is 5.02 Å². The maximum atomic E-state index is 13.6.